The molecule has 2 aromatic heterocycles. The van der Waals surface area contributed by atoms with Gasteiger partial charge in [0.1, 0.15) is 0 Å². The lowest BCUT2D eigenvalue weighted by Gasteiger charge is -2.17. The van der Waals surface area contributed by atoms with Crippen LogP contribution in [0.5, 0.6) is 0 Å². The van der Waals surface area contributed by atoms with Crippen molar-refractivity contribution in [2.24, 2.45) is 5.84 Å². The summed E-state index contributed by atoms with van der Waals surface area (Å²) in [6, 6.07) is 1.33. The van der Waals surface area contributed by atoms with Gasteiger partial charge in [0, 0.05) is 18.1 Å². The number of halogens is 1. The Morgan fingerprint density at radius 3 is 2.90 bits per heavy atom. The minimum Gasteiger partial charge on any atom is -0.336 e. The summed E-state index contributed by atoms with van der Waals surface area (Å²) in [7, 11) is 1.61. The van der Waals surface area contributed by atoms with Crippen molar-refractivity contribution in [1.82, 2.24) is 14.9 Å². The Balaban J connectivity index is 2.21. The van der Waals surface area contributed by atoms with Gasteiger partial charge in [0.25, 0.3) is 5.91 Å². The lowest BCUT2D eigenvalue weighted by atomic mass is 10.2. The molecule has 0 spiro atoms. The average Bonchev–Trinajstić information content (AvgIpc) is 2.84. The predicted molar refractivity (Wildman–Crippen MR) is 74.7 cm³/mol. The van der Waals surface area contributed by atoms with Crippen molar-refractivity contribution in [3.63, 3.8) is 0 Å². The molecule has 8 heteroatoms. The number of aromatic nitrogens is 2. The molecule has 2 rings (SSSR count). The highest BCUT2D eigenvalue weighted by Crippen LogP contribution is 2.19. The van der Waals surface area contributed by atoms with Crippen LogP contribution in [0.15, 0.2) is 17.8 Å². The summed E-state index contributed by atoms with van der Waals surface area (Å²) in [4.78, 5) is 22.5. The number of pyridine rings is 1. The summed E-state index contributed by atoms with van der Waals surface area (Å²) in [5, 5.41) is 0. The third-order valence-electron chi connectivity index (χ3n) is 2.83. The highest BCUT2D eigenvalue weighted by molar-refractivity contribution is 7.09. The van der Waals surface area contributed by atoms with Gasteiger partial charge in [-0.15, -0.1) is 11.3 Å². The number of nitrogens with zero attached hydrogens (tertiary/aromatic N) is 3. The smallest absolute Gasteiger partial charge is 0.257 e. The molecular formula is C12H14FN5OS. The zero-order valence-electron chi connectivity index (χ0n) is 11.1. The highest BCUT2D eigenvalue weighted by atomic mass is 32.1. The van der Waals surface area contributed by atoms with E-state index in [1.54, 1.807) is 12.6 Å². The molecule has 0 aromatic carbocycles. The largest absolute Gasteiger partial charge is 0.336 e. The molecule has 0 aliphatic carbocycles. The fourth-order valence-corrected chi connectivity index (χ4v) is 2.51. The van der Waals surface area contributed by atoms with Crippen molar-refractivity contribution in [3.8, 4) is 0 Å². The Labute approximate surface area is 119 Å². The summed E-state index contributed by atoms with van der Waals surface area (Å²) >= 11 is 1.46. The van der Waals surface area contributed by atoms with Crippen molar-refractivity contribution >= 4 is 23.1 Å². The number of rotatable bonds is 4. The maximum absolute atomic E-state index is 14.0. The molecule has 0 saturated heterocycles. The van der Waals surface area contributed by atoms with Crippen molar-refractivity contribution in [2.75, 3.05) is 12.5 Å². The Hall–Kier alpha value is -2.06. The monoisotopic (exact) mass is 295 g/mol. The van der Waals surface area contributed by atoms with Gasteiger partial charge >= 0.3 is 0 Å². The Bertz CT molecular complexity index is 630. The van der Waals surface area contributed by atoms with Crippen LogP contribution in [0.3, 0.4) is 0 Å². The number of amides is 1. The first-order chi connectivity index (χ1) is 9.54. The number of aryl methyl sites for hydroxylation is 1. The Morgan fingerprint density at radius 1 is 1.55 bits per heavy atom. The molecule has 3 N–H and O–H groups in total. The third kappa shape index (κ3) is 2.75. The molecule has 0 atom stereocenters. The molecule has 20 heavy (non-hydrogen) atoms. The number of carbonyl (C=O) groups excluding carboxylic acids is 1. The predicted octanol–water partition coefficient (Wildman–Crippen LogP) is 1.54. The number of nitrogens with one attached hydrogen (secondary N) is 1. The molecule has 1 amide bonds. The summed E-state index contributed by atoms with van der Waals surface area (Å²) in [5.41, 5.74) is 4.63. The molecule has 0 unspecified atom stereocenters. The van der Waals surface area contributed by atoms with Crippen LogP contribution >= 0.6 is 11.3 Å². The Morgan fingerprint density at radius 2 is 2.30 bits per heavy atom. The molecule has 2 aromatic rings. The summed E-state index contributed by atoms with van der Waals surface area (Å²) in [5.74, 6) is 3.79. The summed E-state index contributed by atoms with van der Waals surface area (Å²) in [6.45, 7) is 2.25. The van der Waals surface area contributed by atoms with E-state index in [2.05, 4.69) is 15.4 Å². The maximum atomic E-state index is 14.0. The van der Waals surface area contributed by atoms with E-state index in [4.69, 9.17) is 5.84 Å². The van der Waals surface area contributed by atoms with E-state index in [-0.39, 0.29) is 11.4 Å². The number of hydrogen-bond donors (Lipinski definition) is 2. The highest BCUT2D eigenvalue weighted by Gasteiger charge is 2.20. The van der Waals surface area contributed by atoms with Crippen LogP contribution in [0.1, 0.15) is 20.9 Å². The molecule has 0 aliphatic rings. The quantitative estimate of drug-likeness (QED) is 0.660. The topological polar surface area (TPSA) is 84.1 Å². The second-order valence-electron chi connectivity index (χ2n) is 4.19. The van der Waals surface area contributed by atoms with Crippen LogP contribution in [-0.2, 0) is 6.54 Å². The number of carbonyl (C=O) groups is 1. The standard InChI is InChI=1S/C12H14FN5OS/c1-7-9(20-6-16-7)5-18(2)12(19)8-3-4-15-11(17-14)10(8)13/h3-4,6H,5,14H2,1-2H3,(H,15,17). The SMILES string of the molecule is Cc1ncsc1CN(C)C(=O)c1ccnc(NN)c1F. The lowest BCUT2D eigenvalue weighted by molar-refractivity contribution is 0.0781. The van der Waals surface area contributed by atoms with E-state index < -0.39 is 11.7 Å². The van der Waals surface area contributed by atoms with Crippen LogP contribution in [0, 0.1) is 12.7 Å². The number of hydrogen-bond acceptors (Lipinski definition) is 6. The minimum absolute atomic E-state index is 0.0716. The summed E-state index contributed by atoms with van der Waals surface area (Å²) in [6.07, 6.45) is 1.33. The molecule has 106 valence electrons. The maximum Gasteiger partial charge on any atom is 0.257 e. The van der Waals surface area contributed by atoms with E-state index in [1.165, 1.54) is 28.5 Å². The third-order valence-corrected chi connectivity index (χ3v) is 3.75. The van der Waals surface area contributed by atoms with Gasteiger partial charge < -0.3 is 10.3 Å². The van der Waals surface area contributed by atoms with Gasteiger partial charge in [0.05, 0.1) is 23.3 Å². The molecule has 0 bridgehead atoms. The Kier molecular flexibility index (Phi) is 4.26. The number of nitrogen functional groups attached to an aromatic ring is 1. The van der Waals surface area contributed by atoms with E-state index in [9.17, 15) is 9.18 Å². The van der Waals surface area contributed by atoms with Gasteiger partial charge in [-0.25, -0.2) is 20.2 Å². The molecule has 0 fully saturated rings. The normalized spacial score (nSPS) is 10.4. The number of thiazole rings is 1. The number of anilines is 1. The molecule has 6 nitrogen and oxygen atoms in total. The van der Waals surface area contributed by atoms with Gasteiger partial charge in [-0.1, -0.05) is 0 Å². The van der Waals surface area contributed by atoms with E-state index in [0.29, 0.717) is 6.54 Å². The molecular weight excluding hydrogens is 281 g/mol. The zero-order chi connectivity index (χ0) is 14.7. The molecule has 0 saturated carbocycles. The van der Waals surface area contributed by atoms with Crippen molar-refractivity contribution < 1.29 is 9.18 Å². The average molecular weight is 295 g/mol. The number of hydrazine groups is 1. The molecule has 2 heterocycles. The second-order valence-corrected chi connectivity index (χ2v) is 5.13. The second kappa shape index (κ2) is 5.93. The van der Waals surface area contributed by atoms with Gasteiger partial charge in [-0.3, -0.25) is 4.79 Å². The first kappa shape index (κ1) is 14.4. The van der Waals surface area contributed by atoms with Crippen molar-refractivity contribution in [2.45, 2.75) is 13.5 Å². The van der Waals surface area contributed by atoms with Crippen molar-refractivity contribution in [3.05, 3.63) is 39.7 Å². The van der Waals surface area contributed by atoms with Crippen LogP contribution in [0.4, 0.5) is 10.2 Å². The molecule has 0 aliphatic heterocycles. The first-order valence-corrected chi connectivity index (χ1v) is 6.68. The first-order valence-electron chi connectivity index (χ1n) is 5.80. The van der Waals surface area contributed by atoms with Crippen LogP contribution in [0.25, 0.3) is 0 Å². The van der Waals surface area contributed by atoms with Crippen LogP contribution < -0.4 is 11.3 Å². The fourth-order valence-electron chi connectivity index (χ4n) is 1.68. The van der Waals surface area contributed by atoms with Gasteiger partial charge in [-0.2, -0.15) is 0 Å². The van der Waals surface area contributed by atoms with Crippen molar-refractivity contribution in [1.29, 1.82) is 0 Å². The van der Waals surface area contributed by atoms with Gasteiger partial charge in [-0.05, 0) is 13.0 Å². The van der Waals surface area contributed by atoms with Crippen LogP contribution in [0.2, 0.25) is 0 Å². The van der Waals surface area contributed by atoms with Gasteiger partial charge in [0.2, 0.25) is 0 Å². The lowest BCUT2D eigenvalue weighted by Crippen LogP contribution is -2.27. The van der Waals surface area contributed by atoms with E-state index >= 15 is 0 Å². The van der Waals surface area contributed by atoms with Crippen LogP contribution in [-0.4, -0.2) is 27.8 Å². The zero-order valence-corrected chi connectivity index (χ0v) is 11.9. The van der Waals surface area contributed by atoms with E-state index in [0.717, 1.165) is 10.6 Å². The number of nitrogens with two attached hydrogens (primary N) is 1. The van der Waals surface area contributed by atoms with E-state index in [1.807, 2.05) is 6.92 Å². The fraction of sp³-hybridized carbons (Fsp3) is 0.250. The molecule has 0 radical (unpaired) electrons. The summed E-state index contributed by atoms with van der Waals surface area (Å²) < 4.78 is 14.0. The minimum atomic E-state index is -0.757. The van der Waals surface area contributed by atoms with Gasteiger partial charge in [0.15, 0.2) is 11.6 Å².